The number of hydrogen-bond acceptors (Lipinski definition) is 5. The average Bonchev–Trinajstić information content (AvgIpc) is 3.08. The van der Waals surface area contributed by atoms with Crippen LogP contribution in [0, 0.1) is 0 Å². The summed E-state index contributed by atoms with van der Waals surface area (Å²) >= 11 is 1.53. The van der Waals surface area contributed by atoms with E-state index in [9.17, 15) is 13.2 Å². The summed E-state index contributed by atoms with van der Waals surface area (Å²) in [7, 11) is -3.17. The molecule has 1 saturated heterocycles. The predicted octanol–water partition coefficient (Wildman–Crippen LogP) is 1.26. The molecular weight excluding hydrogens is 348 g/mol. The van der Waals surface area contributed by atoms with Gasteiger partial charge in [-0.15, -0.1) is 11.3 Å². The molecule has 3 rings (SSSR count). The molecule has 1 fully saturated rings. The Morgan fingerprint density at radius 2 is 2.29 bits per heavy atom. The summed E-state index contributed by atoms with van der Waals surface area (Å²) in [4.78, 5) is 17.3. The normalized spacial score (nSPS) is 19.6. The van der Waals surface area contributed by atoms with Crippen molar-refractivity contribution >= 4 is 32.2 Å². The van der Waals surface area contributed by atoms with Crippen LogP contribution in [0.1, 0.15) is 31.4 Å². The molecule has 1 amide bonds. The number of thiazole rings is 1. The first-order valence-electron chi connectivity index (χ1n) is 8.08. The van der Waals surface area contributed by atoms with E-state index in [2.05, 4.69) is 10.3 Å². The van der Waals surface area contributed by atoms with E-state index in [0.29, 0.717) is 19.5 Å². The largest absolute Gasteiger partial charge is 0.356 e. The topological polar surface area (TPSA) is 83.8 Å². The fourth-order valence-corrected chi connectivity index (χ4v) is 5.10. The van der Waals surface area contributed by atoms with Crippen LogP contribution in [0.25, 0.3) is 4.96 Å². The summed E-state index contributed by atoms with van der Waals surface area (Å²) < 4.78 is 27.1. The molecule has 0 aliphatic carbocycles. The molecule has 9 heteroatoms. The number of rotatable bonds is 6. The van der Waals surface area contributed by atoms with E-state index in [0.717, 1.165) is 29.9 Å². The highest BCUT2D eigenvalue weighted by atomic mass is 32.2. The standard InChI is InChI=1S/C15H22N4O3S2/c1-24(21,22)19-7-3-2-4-13(19)5-6-16-14(20)10-12-11-18-8-9-23-15(18)17-12/h8-9,11,13H,2-7,10H2,1H3,(H,16,20). The zero-order chi connectivity index (χ0) is 17.2. The molecule has 0 bridgehead atoms. The predicted molar refractivity (Wildman–Crippen MR) is 93.6 cm³/mol. The molecule has 132 valence electrons. The van der Waals surface area contributed by atoms with Crippen molar-refractivity contribution in [2.24, 2.45) is 0 Å². The molecule has 24 heavy (non-hydrogen) atoms. The molecule has 1 N–H and O–H groups in total. The first-order valence-corrected chi connectivity index (χ1v) is 10.8. The quantitative estimate of drug-likeness (QED) is 0.830. The Kier molecular flexibility index (Phi) is 5.21. The third-order valence-corrected chi connectivity index (χ3v) is 6.39. The van der Waals surface area contributed by atoms with E-state index in [1.54, 1.807) is 4.31 Å². The van der Waals surface area contributed by atoms with Gasteiger partial charge < -0.3 is 5.32 Å². The Hall–Kier alpha value is -1.45. The molecule has 1 aliphatic rings. The van der Waals surface area contributed by atoms with Gasteiger partial charge in [-0.3, -0.25) is 9.20 Å². The van der Waals surface area contributed by atoms with Gasteiger partial charge >= 0.3 is 0 Å². The number of nitrogens with zero attached hydrogens (tertiary/aromatic N) is 3. The van der Waals surface area contributed by atoms with Gasteiger partial charge in [0.05, 0.1) is 18.4 Å². The van der Waals surface area contributed by atoms with Gasteiger partial charge in [-0.2, -0.15) is 4.31 Å². The van der Waals surface area contributed by atoms with Gasteiger partial charge in [0.25, 0.3) is 0 Å². The SMILES string of the molecule is CS(=O)(=O)N1CCCCC1CCNC(=O)Cc1cn2ccsc2n1. The summed E-state index contributed by atoms with van der Waals surface area (Å²) in [6, 6.07) is -0.00741. The van der Waals surface area contributed by atoms with Gasteiger partial charge in [-0.25, -0.2) is 13.4 Å². The van der Waals surface area contributed by atoms with Crippen LogP contribution in [-0.4, -0.2) is 53.4 Å². The Morgan fingerprint density at radius 1 is 1.46 bits per heavy atom. The minimum Gasteiger partial charge on any atom is -0.356 e. The number of amides is 1. The maximum Gasteiger partial charge on any atom is 0.226 e. The minimum absolute atomic E-state index is 0.00741. The van der Waals surface area contributed by atoms with Gasteiger partial charge in [0.2, 0.25) is 15.9 Å². The van der Waals surface area contributed by atoms with Crippen LogP contribution in [0.15, 0.2) is 17.8 Å². The third-order valence-electron chi connectivity index (χ3n) is 4.28. The van der Waals surface area contributed by atoms with Crippen LogP contribution < -0.4 is 5.32 Å². The number of piperidine rings is 1. The van der Waals surface area contributed by atoms with Crippen molar-refractivity contribution in [3.05, 3.63) is 23.5 Å². The summed E-state index contributed by atoms with van der Waals surface area (Å²) in [6.45, 7) is 1.07. The first kappa shape index (κ1) is 17.4. The lowest BCUT2D eigenvalue weighted by Gasteiger charge is -2.33. The molecular formula is C15H22N4O3S2. The van der Waals surface area contributed by atoms with Crippen LogP contribution >= 0.6 is 11.3 Å². The van der Waals surface area contributed by atoms with Crippen LogP contribution in [0.3, 0.4) is 0 Å². The zero-order valence-corrected chi connectivity index (χ0v) is 15.3. The van der Waals surface area contributed by atoms with E-state index in [-0.39, 0.29) is 18.4 Å². The van der Waals surface area contributed by atoms with Gasteiger partial charge in [-0.1, -0.05) is 6.42 Å². The van der Waals surface area contributed by atoms with E-state index in [4.69, 9.17) is 0 Å². The summed E-state index contributed by atoms with van der Waals surface area (Å²) in [5.41, 5.74) is 0.745. The molecule has 1 aliphatic heterocycles. The van der Waals surface area contributed by atoms with Crippen molar-refractivity contribution < 1.29 is 13.2 Å². The average molecular weight is 371 g/mol. The number of fused-ring (bicyclic) bond motifs is 1. The number of hydrogen-bond donors (Lipinski definition) is 1. The lowest BCUT2D eigenvalue weighted by Crippen LogP contribution is -2.44. The van der Waals surface area contributed by atoms with Gasteiger partial charge in [-0.05, 0) is 19.3 Å². The molecule has 0 saturated carbocycles. The second-order valence-corrected chi connectivity index (χ2v) is 8.97. The fraction of sp³-hybridized carbons (Fsp3) is 0.600. The third kappa shape index (κ3) is 4.14. The van der Waals surface area contributed by atoms with E-state index < -0.39 is 10.0 Å². The maximum absolute atomic E-state index is 12.0. The molecule has 3 heterocycles. The fourth-order valence-electron chi connectivity index (χ4n) is 3.17. The van der Waals surface area contributed by atoms with Crippen molar-refractivity contribution in [2.45, 2.75) is 38.1 Å². The number of carbonyl (C=O) groups is 1. The smallest absolute Gasteiger partial charge is 0.226 e. The van der Waals surface area contributed by atoms with Crippen molar-refractivity contribution in [3.63, 3.8) is 0 Å². The lowest BCUT2D eigenvalue weighted by molar-refractivity contribution is -0.120. The highest BCUT2D eigenvalue weighted by molar-refractivity contribution is 7.88. The van der Waals surface area contributed by atoms with Crippen LogP contribution in [-0.2, 0) is 21.2 Å². The molecule has 0 radical (unpaired) electrons. The molecule has 0 spiro atoms. The summed E-state index contributed by atoms with van der Waals surface area (Å²) in [5, 5.41) is 4.83. The Morgan fingerprint density at radius 3 is 3.04 bits per heavy atom. The summed E-state index contributed by atoms with van der Waals surface area (Å²) in [5.74, 6) is -0.0810. The van der Waals surface area contributed by atoms with Crippen molar-refractivity contribution in [2.75, 3.05) is 19.3 Å². The lowest BCUT2D eigenvalue weighted by atomic mass is 10.0. The molecule has 2 aromatic rings. The Bertz CT molecular complexity index is 783. The zero-order valence-electron chi connectivity index (χ0n) is 13.6. The molecule has 7 nitrogen and oxygen atoms in total. The second kappa shape index (κ2) is 7.20. The highest BCUT2D eigenvalue weighted by Gasteiger charge is 2.28. The number of nitrogens with one attached hydrogen (secondary N) is 1. The highest BCUT2D eigenvalue weighted by Crippen LogP contribution is 2.21. The number of aromatic nitrogens is 2. The van der Waals surface area contributed by atoms with Crippen LogP contribution in [0.2, 0.25) is 0 Å². The maximum atomic E-state index is 12.0. The molecule has 0 aromatic carbocycles. The number of imidazole rings is 1. The van der Waals surface area contributed by atoms with Crippen molar-refractivity contribution in [1.29, 1.82) is 0 Å². The van der Waals surface area contributed by atoms with Gasteiger partial charge in [0.15, 0.2) is 4.96 Å². The molecule has 1 atom stereocenters. The second-order valence-electron chi connectivity index (χ2n) is 6.16. The number of carbonyl (C=O) groups excluding carboxylic acids is 1. The van der Waals surface area contributed by atoms with Crippen molar-refractivity contribution in [3.8, 4) is 0 Å². The van der Waals surface area contributed by atoms with Crippen LogP contribution in [0.5, 0.6) is 0 Å². The number of sulfonamides is 1. The Labute approximate surface area is 145 Å². The van der Waals surface area contributed by atoms with Gasteiger partial charge in [0, 0.05) is 36.9 Å². The van der Waals surface area contributed by atoms with Crippen molar-refractivity contribution in [1.82, 2.24) is 19.0 Å². The van der Waals surface area contributed by atoms with Gasteiger partial charge in [0.1, 0.15) is 0 Å². The monoisotopic (exact) mass is 370 g/mol. The summed E-state index contributed by atoms with van der Waals surface area (Å²) in [6.07, 6.45) is 8.74. The van der Waals surface area contributed by atoms with E-state index in [1.807, 2.05) is 22.2 Å². The van der Waals surface area contributed by atoms with E-state index in [1.165, 1.54) is 17.6 Å². The first-order chi connectivity index (χ1) is 11.4. The minimum atomic E-state index is -3.17. The Balaban J connectivity index is 1.48. The molecule has 2 aromatic heterocycles. The van der Waals surface area contributed by atoms with Crippen LogP contribution in [0.4, 0.5) is 0 Å². The molecule has 1 unspecified atom stereocenters. The van der Waals surface area contributed by atoms with E-state index >= 15 is 0 Å².